The Labute approximate surface area is 54.1 Å². The summed E-state index contributed by atoms with van der Waals surface area (Å²) in [6.45, 7) is 1.67. The number of carboxylic acid groups (broad SMARTS) is 1. The molecule has 52 valence electrons. The lowest BCUT2D eigenvalue weighted by molar-refractivity contribution is -0.139. The second kappa shape index (κ2) is 2.35. The molecule has 9 heavy (non-hydrogen) atoms. The smallest absolute Gasteiger partial charge is 0.320 e. The Bertz CT molecular complexity index is 120. The molecule has 0 aliphatic heterocycles. The lowest BCUT2D eigenvalue weighted by Crippen LogP contribution is -2.35. The van der Waals surface area contributed by atoms with E-state index in [1.165, 1.54) is 0 Å². The Morgan fingerprint density at radius 1 is 1.78 bits per heavy atom. The molecule has 0 unspecified atom stereocenters. The van der Waals surface area contributed by atoms with Crippen molar-refractivity contribution < 1.29 is 9.90 Å². The quantitative estimate of drug-likeness (QED) is 0.572. The van der Waals surface area contributed by atoms with Crippen LogP contribution in [0.2, 0.25) is 0 Å². The third kappa shape index (κ3) is 2.01. The molecule has 0 aromatic rings. The van der Waals surface area contributed by atoms with Gasteiger partial charge in [-0.15, -0.1) is 0 Å². The van der Waals surface area contributed by atoms with Crippen molar-refractivity contribution in [3.63, 3.8) is 0 Å². The Morgan fingerprint density at radius 3 is 2.67 bits per heavy atom. The fourth-order valence-corrected chi connectivity index (χ4v) is 0.675. The van der Waals surface area contributed by atoms with Crippen LogP contribution in [0.5, 0.6) is 0 Å². The van der Waals surface area contributed by atoms with E-state index in [0.717, 1.165) is 12.8 Å². The van der Waals surface area contributed by atoms with Gasteiger partial charge in [0.25, 0.3) is 0 Å². The van der Waals surface area contributed by atoms with Gasteiger partial charge >= 0.3 is 5.97 Å². The molecule has 1 atom stereocenters. The molecule has 0 aromatic heterocycles. The molecule has 1 fully saturated rings. The van der Waals surface area contributed by atoms with Gasteiger partial charge < -0.3 is 10.4 Å². The average Bonchev–Trinajstić information content (AvgIpc) is 2.50. The summed E-state index contributed by atoms with van der Waals surface area (Å²) in [5.74, 6) is -0.762. The van der Waals surface area contributed by atoms with Gasteiger partial charge in [-0.2, -0.15) is 0 Å². The van der Waals surface area contributed by atoms with Crippen molar-refractivity contribution in [2.24, 2.45) is 0 Å². The van der Waals surface area contributed by atoms with Crippen molar-refractivity contribution in [2.75, 3.05) is 0 Å². The van der Waals surface area contributed by atoms with E-state index in [-0.39, 0.29) is 6.04 Å². The number of carbonyl (C=O) groups is 1. The molecule has 0 spiro atoms. The summed E-state index contributed by atoms with van der Waals surface area (Å²) in [5.41, 5.74) is 0. The topological polar surface area (TPSA) is 49.3 Å². The minimum absolute atomic E-state index is 0.377. The summed E-state index contributed by atoms with van der Waals surface area (Å²) in [6.07, 6.45) is 2.27. The number of rotatable bonds is 3. The summed E-state index contributed by atoms with van der Waals surface area (Å²) in [6, 6.07) is 0.105. The average molecular weight is 129 g/mol. The summed E-state index contributed by atoms with van der Waals surface area (Å²) in [5, 5.41) is 11.3. The Hall–Kier alpha value is -0.570. The molecular weight excluding hydrogens is 118 g/mol. The molecule has 1 aliphatic carbocycles. The maximum Gasteiger partial charge on any atom is 0.320 e. The maximum atomic E-state index is 10.2. The predicted octanol–water partition coefficient (Wildman–Crippen LogP) is 0.211. The van der Waals surface area contributed by atoms with Crippen LogP contribution in [-0.2, 0) is 4.79 Å². The van der Waals surface area contributed by atoms with Crippen LogP contribution in [0.15, 0.2) is 0 Å². The van der Waals surface area contributed by atoms with Crippen molar-refractivity contribution in [1.29, 1.82) is 0 Å². The van der Waals surface area contributed by atoms with Crippen LogP contribution in [0.4, 0.5) is 0 Å². The molecule has 0 amide bonds. The van der Waals surface area contributed by atoms with Crippen LogP contribution in [0.25, 0.3) is 0 Å². The molecule has 2 N–H and O–H groups in total. The van der Waals surface area contributed by atoms with Crippen LogP contribution >= 0.6 is 0 Å². The van der Waals surface area contributed by atoms with E-state index in [2.05, 4.69) is 5.32 Å². The molecule has 0 aromatic carbocycles. The number of hydrogen-bond acceptors (Lipinski definition) is 2. The van der Waals surface area contributed by atoms with Crippen LogP contribution < -0.4 is 5.32 Å². The van der Waals surface area contributed by atoms with E-state index in [9.17, 15) is 4.79 Å². The molecule has 0 heterocycles. The van der Waals surface area contributed by atoms with E-state index < -0.39 is 5.97 Å². The fraction of sp³-hybridized carbons (Fsp3) is 0.833. The predicted molar refractivity (Wildman–Crippen MR) is 33.3 cm³/mol. The highest BCUT2D eigenvalue weighted by atomic mass is 16.4. The summed E-state index contributed by atoms with van der Waals surface area (Å²) in [4.78, 5) is 10.2. The molecule has 1 aliphatic rings. The first kappa shape index (κ1) is 6.55. The van der Waals surface area contributed by atoms with Crippen molar-refractivity contribution in [1.82, 2.24) is 5.32 Å². The zero-order valence-electron chi connectivity index (χ0n) is 5.42. The number of nitrogens with one attached hydrogen (secondary N) is 1. The minimum Gasteiger partial charge on any atom is -0.480 e. The van der Waals surface area contributed by atoms with Crippen molar-refractivity contribution in [3.05, 3.63) is 0 Å². The van der Waals surface area contributed by atoms with Crippen molar-refractivity contribution in [3.8, 4) is 0 Å². The SMILES string of the molecule is C[C@@H](NC1CC1)C(=O)O. The standard InChI is InChI=1S/C6H11NO2/c1-4(6(8)9)7-5-2-3-5/h4-5,7H,2-3H2,1H3,(H,8,9)/t4-/m1/s1. The third-order valence-corrected chi connectivity index (χ3v) is 1.43. The summed E-state index contributed by atoms with van der Waals surface area (Å²) >= 11 is 0. The first-order valence-electron chi connectivity index (χ1n) is 3.19. The summed E-state index contributed by atoms with van der Waals surface area (Å²) in [7, 11) is 0. The van der Waals surface area contributed by atoms with Crippen LogP contribution in [0.1, 0.15) is 19.8 Å². The largest absolute Gasteiger partial charge is 0.480 e. The number of aliphatic carboxylic acids is 1. The minimum atomic E-state index is -0.762. The van der Waals surface area contributed by atoms with Gasteiger partial charge in [0.15, 0.2) is 0 Å². The van der Waals surface area contributed by atoms with Gasteiger partial charge in [-0.1, -0.05) is 0 Å². The maximum absolute atomic E-state index is 10.2. The fourth-order valence-electron chi connectivity index (χ4n) is 0.675. The number of hydrogen-bond donors (Lipinski definition) is 2. The molecule has 0 bridgehead atoms. The molecule has 3 nitrogen and oxygen atoms in total. The van der Waals surface area contributed by atoms with Gasteiger partial charge in [0.05, 0.1) is 0 Å². The summed E-state index contributed by atoms with van der Waals surface area (Å²) < 4.78 is 0. The lowest BCUT2D eigenvalue weighted by atomic mass is 10.3. The van der Waals surface area contributed by atoms with Gasteiger partial charge in [0.1, 0.15) is 6.04 Å². The molecule has 3 heteroatoms. The molecule has 1 saturated carbocycles. The Morgan fingerprint density at radius 2 is 2.33 bits per heavy atom. The van der Waals surface area contributed by atoms with Gasteiger partial charge in [-0.05, 0) is 19.8 Å². The van der Waals surface area contributed by atoms with E-state index >= 15 is 0 Å². The van der Waals surface area contributed by atoms with Gasteiger partial charge in [-0.25, -0.2) is 0 Å². The van der Waals surface area contributed by atoms with E-state index in [0.29, 0.717) is 6.04 Å². The first-order chi connectivity index (χ1) is 4.20. The second-order valence-corrected chi connectivity index (χ2v) is 2.50. The first-order valence-corrected chi connectivity index (χ1v) is 3.19. The zero-order chi connectivity index (χ0) is 6.85. The van der Waals surface area contributed by atoms with E-state index in [1.807, 2.05) is 0 Å². The van der Waals surface area contributed by atoms with Gasteiger partial charge in [-0.3, -0.25) is 4.79 Å². The third-order valence-electron chi connectivity index (χ3n) is 1.43. The molecule has 0 saturated heterocycles. The molecular formula is C6H11NO2. The van der Waals surface area contributed by atoms with Crippen LogP contribution in [-0.4, -0.2) is 23.2 Å². The Kier molecular flexibility index (Phi) is 1.71. The highest BCUT2D eigenvalue weighted by molar-refractivity contribution is 5.72. The van der Waals surface area contributed by atoms with Gasteiger partial charge in [0, 0.05) is 6.04 Å². The highest BCUT2D eigenvalue weighted by Gasteiger charge is 2.24. The van der Waals surface area contributed by atoms with E-state index in [4.69, 9.17) is 5.11 Å². The number of carboxylic acids is 1. The zero-order valence-corrected chi connectivity index (χ0v) is 5.42. The van der Waals surface area contributed by atoms with Crippen molar-refractivity contribution in [2.45, 2.75) is 31.8 Å². The van der Waals surface area contributed by atoms with E-state index in [1.54, 1.807) is 6.92 Å². The second-order valence-electron chi connectivity index (χ2n) is 2.50. The lowest BCUT2D eigenvalue weighted by Gasteiger charge is -2.05. The normalized spacial score (nSPS) is 21.4. The molecule has 0 radical (unpaired) electrons. The van der Waals surface area contributed by atoms with Crippen molar-refractivity contribution >= 4 is 5.97 Å². The van der Waals surface area contributed by atoms with Crippen LogP contribution in [0, 0.1) is 0 Å². The molecule has 1 rings (SSSR count). The monoisotopic (exact) mass is 129 g/mol. The highest BCUT2D eigenvalue weighted by Crippen LogP contribution is 2.19. The van der Waals surface area contributed by atoms with Gasteiger partial charge in [0.2, 0.25) is 0 Å². The van der Waals surface area contributed by atoms with Crippen LogP contribution in [0.3, 0.4) is 0 Å². The Balaban J connectivity index is 2.16.